The van der Waals surface area contributed by atoms with E-state index in [1.807, 2.05) is 0 Å². The lowest BCUT2D eigenvalue weighted by Crippen LogP contribution is -2.35. The average Bonchev–Trinajstić information content (AvgIpc) is 2.97. The van der Waals surface area contributed by atoms with Crippen LogP contribution in [-0.4, -0.2) is 38.5 Å². The summed E-state index contributed by atoms with van der Waals surface area (Å²) < 4.78 is 31.6. The number of rotatable bonds is 7. The molecule has 0 amide bonds. The van der Waals surface area contributed by atoms with Crippen LogP contribution in [0.25, 0.3) is 0 Å². The van der Waals surface area contributed by atoms with E-state index in [1.165, 1.54) is 0 Å². The number of carboxylic acid groups (broad SMARTS) is 1. The average molecular weight is 313 g/mol. The molecule has 0 radical (unpaired) electrons. The molecule has 21 heavy (non-hydrogen) atoms. The quantitative estimate of drug-likeness (QED) is 0.788. The van der Waals surface area contributed by atoms with Crippen molar-refractivity contribution < 1.29 is 23.1 Å². The van der Waals surface area contributed by atoms with Crippen LogP contribution in [0.15, 0.2) is 30.3 Å². The molecule has 2 rings (SSSR count). The first kappa shape index (κ1) is 15.9. The van der Waals surface area contributed by atoms with Gasteiger partial charge in [-0.3, -0.25) is 4.79 Å². The molecule has 0 bridgehead atoms. The van der Waals surface area contributed by atoms with E-state index in [4.69, 9.17) is 4.74 Å². The molecule has 1 aliphatic heterocycles. The highest BCUT2D eigenvalue weighted by Gasteiger charge is 2.26. The molecule has 0 saturated carbocycles. The Morgan fingerprint density at radius 1 is 1.38 bits per heavy atom. The largest absolute Gasteiger partial charge is 0.480 e. The minimum Gasteiger partial charge on any atom is -0.480 e. The van der Waals surface area contributed by atoms with Gasteiger partial charge in [-0.1, -0.05) is 30.3 Å². The molecule has 2 atom stereocenters. The zero-order valence-electron chi connectivity index (χ0n) is 11.6. The van der Waals surface area contributed by atoms with Crippen LogP contribution in [0.4, 0.5) is 0 Å². The van der Waals surface area contributed by atoms with Crippen molar-refractivity contribution in [2.75, 3.05) is 19.0 Å². The van der Waals surface area contributed by atoms with Gasteiger partial charge in [0.1, 0.15) is 6.04 Å². The van der Waals surface area contributed by atoms with Crippen molar-refractivity contribution in [1.82, 2.24) is 4.72 Å². The molecule has 1 aliphatic rings. The molecule has 116 valence electrons. The van der Waals surface area contributed by atoms with E-state index in [9.17, 15) is 18.3 Å². The second-order valence-corrected chi connectivity index (χ2v) is 7.01. The third-order valence-corrected chi connectivity index (χ3v) is 4.86. The van der Waals surface area contributed by atoms with Crippen LogP contribution < -0.4 is 4.72 Å². The maximum atomic E-state index is 12.1. The van der Waals surface area contributed by atoms with Crippen LogP contribution in [0.3, 0.4) is 0 Å². The van der Waals surface area contributed by atoms with Gasteiger partial charge in [0.25, 0.3) is 0 Å². The summed E-state index contributed by atoms with van der Waals surface area (Å²) >= 11 is 0. The molecule has 6 nitrogen and oxygen atoms in total. The monoisotopic (exact) mass is 313 g/mol. The molecule has 7 heteroatoms. The Labute approximate surface area is 124 Å². The van der Waals surface area contributed by atoms with Gasteiger partial charge in [0.05, 0.1) is 5.75 Å². The van der Waals surface area contributed by atoms with Crippen molar-refractivity contribution in [3.8, 4) is 0 Å². The van der Waals surface area contributed by atoms with E-state index in [-0.39, 0.29) is 11.7 Å². The van der Waals surface area contributed by atoms with Gasteiger partial charge in [-0.25, -0.2) is 8.42 Å². The van der Waals surface area contributed by atoms with Crippen LogP contribution >= 0.6 is 0 Å². The maximum absolute atomic E-state index is 12.1. The van der Waals surface area contributed by atoms with E-state index in [1.54, 1.807) is 30.3 Å². The molecule has 0 aromatic heterocycles. The first-order chi connectivity index (χ1) is 9.98. The van der Waals surface area contributed by atoms with Gasteiger partial charge >= 0.3 is 5.97 Å². The number of carboxylic acids is 1. The number of benzene rings is 1. The van der Waals surface area contributed by atoms with E-state index in [0.717, 1.165) is 6.42 Å². The Morgan fingerprint density at radius 3 is 2.67 bits per heavy atom. The molecule has 0 aliphatic carbocycles. The van der Waals surface area contributed by atoms with Gasteiger partial charge in [-0.05, 0) is 24.3 Å². The Hall–Kier alpha value is -1.44. The number of sulfonamides is 1. The molecular formula is C14H19NO5S. The van der Waals surface area contributed by atoms with E-state index in [0.29, 0.717) is 25.2 Å². The summed E-state index contributed by atoms with van der Waals surface area (Å²) in [7, 11) is -3.65. The molecule has 0 spiro atoms. The number of ether oxygens (including phenoxy) is 1. The summed E-state index contributed by atoms with van der Waals surface area (Å²) in [5.41, 5.74) is 0.415. The lowest BCUT2D eigenvalue weighted by molar-refractivity contribution is -0.139. The Bertz CT molecular complexity index is 566. The number of hydrogen-bond acceptors (Lipinski definition) is 4. The lowest BCUT2D eigenvalue weighted by Gasteiger charge is -2.16. The van der Waals surface area contributed by atoms with Crippen LogP contribution in [0.1, 0.15) is 24.4 Å². The highest BCUT2D eigenvalue weighted by molar-refractivity contribution is 7.89. The first-order valence-electron chi connectivity index (χ1n) is 6.83. The van der Waals surface area contributed by atoms with Gasteiger partial charge in [0.2, 0.25) is 10.0 Å². The van der Waals surface area contributed by atoms with Crippen molar-refractivity contribution in [3.63, 3.8) is 0 Å². The van der Waals surface area contributed by atoms with Gasteiger partial charge < -0.3 is 9.84 Å². The topological polar surface area (TPSA) is 92.7 Å². The van der Waals surface area contributed by atoms with E-state index < -0.39 is 22.0 Å². The number of hydrogen-bond donors (Lipinski definition) is 2. The fraction of sp³-hybridized carbons (Fsp3) is 0.500. The van der Waals surface area contributed by atoms with Gasteiger partial charge in [-0.2, -0.15) is 4.72 Å². The first-order valence-corrected chi connectivity index (χ1v) is 8.48. The molecule has 1 aromatic rings. The summed E-state index contributed by atoms with van der Waals surface area (Å²) in [5.74, 6) is -1.06. The minimum atomic E-state index is -3.65. The predicted octanol–water partition coefficient (Wildman–Crippen LogP) is 1.16. The summed E-state index contributed by atoms with van der Waals surface area (Å²) in [6.07, 6.45) is 1.34. The standard InChI is InChI=1S/C14H19NO5S/c16-14(17)13(12-4-2-1-3-5-12)15-21(18,19)9-7-11-6-8-20-10-11/h1-5,11,13,15H,6-10H2,(H,16,17)/t11?,13-/m1/s1. The molecule has 1 unspecified atom stereocenters. The number of nitrogens with one attached hydrogen (secondary N) is 1. The van der Waals surface area contributed by atoms with Gasteiger partial charge in [-0.15, -0.1) is 0 Å². The van der Waals surface area contributed by atoms with E-state index in [2.05, 4.69) is 4.72 Å². The Balaban J connectivity index is 2.00. The van der Waals surface area contributed by atoms with Crippen molar-refractivity contribution in [3.05, 3.63) is 35.9 Å². The van der Waals surface area contributed by atoms with Crippen molar-refractivity contribution in [2.45, 2.75) is 18.9 Å². The lowest BCUT2D eigenvalue weighted by atomic mass is 10.1. The summed E-state index contributed by atoms with van der Waals surface area (Å²) in [5, 5.41) is 9.22. The summed E-state index contributed by atoms with van der Waals surface area (Å²) in [6.45, 7) is 1.25. The zero-order chi connectivity index (χ0) is 15.3. The minimum absolute atomic E-state index is 0.0857. The van der Waals surface area contributed by atoms with Gasteiger partial charge in [0, 0.05) is 13.2 Å². The van der Waals surface area contributed by atoms with E-state index >= 15 is 0 Å². The maximum Gasteiger partial charge on any atom is 0.326 e. The number of carbonyl (C=O) groups is 1. The van der Waals surface area contributed by atoms with Gasteiger partial charge in [0.15, 0.2) is 0 Å². The van der Waals surface area contributed by atoms with Crippen LogP contribution in [-0.2, 0) is 19.6 Å². The Morgan fingerprint density at radius 2 is 2.10 bits per heavy atom. The fourth-order valence-electron chi connectivity index (χ4n) is 2.28. The highest BCUT2D eigenvalue weighted by atomic mass is 32.2. The van der Waals surface area contributed by atoms with Crippen LogP contribution in [0, 0.1) is 5.92 Å². The SMILES string of the molecule is O=C(O)[C@H](NS(=O)(=O)CCC1CCOC1)c1ccccc1. The van der Waals surface area contributed by atoms with Crippen molar-refractivity contribution in [1.29, 1.82) is 0 Å². The smallest absolute Gasteiger partial charge is 0.326 e. The normalized spacial score (nSPS) is 20.3. The second-order valence-electron chi connectivity index (χ2n) is 5.14. The highest BCUT2D eigenvalue weighted by Crippen LogP contribution is 2.18. The molecule has 2 N–H and O–H groups in total. The molecule has 1 aromatic carbocycles. The second kappa shape index (κ2) is 7.02. The zero-order valence-corrected chi connectivity index (χ0v) is 12.4. The molecule has 1 fully saturated rings. The van der Waals surface area contributed by atoms with Crippen LogP contribution in [0.2, 0.25) is 0 Å². The summed E-state index contributed by atoms with van der Waals surface area (Å²) in [4.78, 5) is 11.3. The van der Waals surface area contributed by atoms with Crippen molar-refractivity contribution >= 4 is 16.0 Å². The fourth-order valence-corrected chi connectivity index (χ4v) is 3.64. The third kappa shape index (κ3) is 4.80. The Kier molecular flexibility index (Phi) is 5.33. The predicted molar refractivity (Wildman–Crippen MR) is 77.3 cm³/mol. The van der Waals surface area contributed by atoms with Crippen molar-refractivity contribution in [2.24, 2.45) is 5.92 Å². The summed E-state index contributed by atoms with van der Waals surface area (Å²) in [6, 6.07) is 7.02. The third-order valence-electron chi connectivity index (χ3n) is 3.50. The molecular weight excluding hydrogens is 294 g/mol. The van der Waals surface area contributed by atoms with Crippen LogP contribution in [0.5, 0.6) is 0 Å². The molecule has 1 heterocycles. The number of aliphatic carboxylic acids is 1. The molecule has 1 saturated heterocycles.